The molecule has 1 atom stereocenters. The lowest BCUT2D eigenvalue weighted by Crippen LogP contribution is -1.99. The fourth-order valence-corrected chi connectivity index (χ4v) is 2.19. The van der Waals surface area contributed by atoms with Crippen LogP contribution in [-0.4, -0.2) is 11.2 Å². The maximum atomic E-state index is 9.21. The van der Waals surface area contributed by atoms with Crippen LogP contribution < -0.4 is 0 Å². The highest BCUT2D eigenvalue weighted by molar-refractivity contribution is 9.11. The van der Waals surface area contributed by atoms with Crippen LogP contribution in [0, 0.1) is 0 Å². The molecule has 0 bridgehead atoms. The van der Waals surface area contributed by atoms with E-state index in [1.165, 1.54) is 4.88 Å². The van der Waals surface area contributed by atoms with Crippen molar-refractivity contribution in [1.82, 2.24) is 0 Å². The van der Waals surface area contributed by atoms with Gasteiger partial charge in [-0.05, 0) is 53.6 Å². The van der Waals surface area contributed by atoms with Gasteiger partial charge in [-0.2, -0.15) is 0 Å². The highest BCUT2D eigenvalue weighted by Gasteiger charge is 1.99. The fourth-order valence-electron chi connectivity index (χ4n) is 0.751. The van der Waals surface area contributed by atoms with Gasteiger partial charge in [-0.15, -0.1) is 11.3 Å². The second kappa shape index (κ2) is 4.21. The monoisotopic (exact) mass is 246 g/mol. The van der Waals surface area contributed by atoms with Crippen molar-refractivity contribution >= 4 is 33.3 Å². The molecule has 0 aliphatic rings. The van der Waals surface area contributed by atoms with Crippen LogP contribution in [0.1, 0.15) is 18.7 Å². The van der Waals surface area contributed by atoms with Crippen LogP contribution in [0.4, 0.5) is 0 Å². The molecule has 12 heavy (non-hydrogen) atoms. The van der Waals surface area contributed by atoms with Gasteiger partial charge in [-0.3, -0.25) is 0 Å². The first-order chi connectivity index (χ1) is 5.59. The van der Waals surface area contributed by atoms with Crippen molar-refractivity contribution in [2.24, 2.45) is 0 Å². The molecule has 3 heteroatoms. The summed E-state index contributed by atoms with van der Waals surface area (Å²) in [5.41, 5.74) is 0.990. The molecule has 0 radical (unpaired) electrons. The van der Waals surface area contributed by atoms with E-state index in [9.17, 15) is 5.11 Å². The highest BCUT2D eigenvalue weighted by atomic mass is 79.9. The van der Waals surface area contributed by atoms with Gasteiger partial charge < -0.3 is 5.11 Å². The molecule has 66 valence electrons. The summed E-state index contributed by atoms with van der Waals surface area (Å²) in [5, 5.41) is 9.21. The van der Waals surface area contributed by atoms with Gasteiger partial charge >= 0.3 is 0 Å². The summed E-state index contributed by atoms with van der Waals surface area (Å²) in [7, 11) is 0. The number of rotatable bonds is 2. The van der Waals surface area contributed by atoms with E-state index in [-0.39, 0.29) is 6.10 Å². The average Bonchev–Trinajstić information content (AvgIpc) is 2.35. The van der Waals surface area contributed by atoms with E-state index in [0.717, 1.165) is 9.36 Å². The van der Waals surface area contributed by atoms with E-state index in [2.05, 4.69) is 15.9 Å². The molecule has 0 saturated carbocycles. The van der Waals surface area contributed by atoms with Gasteiger partial charge in [-0.25, -0.2) is 0 Å². The highest BCUT2D eigenvalue weighted by Crippen LogP contribution is 2.24. The van der Waals surface area contributed by atoms with Gasteiger partial charge in [0.15, 0.2) is 0 Å². The Bertz CT molecular complexity index is 288. The molecule has 0 fully saturated rings. The van der Waals surface area contributed by atoms with Crippen molar-refractivity contribution in [3.63, 3.8) is 0 Å². The van der Waals surface area contributed by atoms with Crippen LogP contribution in [0.5, 0.6) is 0 Å². The Morgan fingerprint density at radius 1 is 1.67 bits per heavy atom. The molecule has 0 saturated heterocycles. The number of aliphatic hydroxyl groups is 1. The lowest BCUT2D eigenvalue weighted by atomic mass is 10.2. The largest absolute Gasteiger partial charge is 0.389 e. The Labute approximate surface area is 84.9 Å². The Morgan fingerprint density at radius 3 is 2.75 bits per heavy atom. The molecule has 1 unspecified atom stereocenters. The minimum Gasteiger partial charge on any atom is -0.389 e. The van der Waals surface area contributed by atoms with Crippen molar-refractivity contribution < 1.29 is 5.11 Å². The normalized spacial score (nSPS) is 14.8. The standard InChI is InChI=1S/C9H11BrOS/c1-6(7(2)11)5-8-3-4-9(10)12-8/h3-5,7,11H,1-2H3/b6-5+. The summed E-state index contributed by atoms with van der Waals surface area (Å²) in [4.78, 5) is 1.17. The lowest BCUT2D eigenvalue weighted by Gasteiger charge is -2.01. The van der Waals surface area contributed by atoms with Gasteiger partial charge in [0.25, 0.3) is 0 Å². The minimum atomic E-state index is -0.356. The van der Waals surface area contributed by atoms with Crippen LogP contribution in [0.15, 0.2) is 21.5 Å². The van der Waals surface area contributed by atoms with Crippen molar-refractivity contribution in [1.29, 1.82) is 0 Å². The number of hydrogen-bond acceptors (Lipinski definition) is 2. The molecule has 0 spiro atoms. The SMILES string of the molecule is C/C(=C\c1ccc(Br)s1)C(C)O. The molecule has 0 amide bonds. The lowest BCUT2D eigenvalue weighted by molar-refractivity contribution is 0.232. The predicted octanol–water partition coefficient (Wildman–Crippen LogP) is 3.29. The van der Waals surface area contributed by atoms with Crippen LogP contribution in [0.3, 0.4) is 0 Å². The van der Waals surface area contributed by atoms with Crippen LogP contribution in [-0.2, 0) is 0 Å². The van der Waals surface area contributed by atoms with E-state index < -0.39 is 0 Å². The van der Waals surface area contributed by atoms with Gasteiger partial charge in [0.2, 0.25) is 0 Å². The first-order valence-corrected chi connectivity index (χ1v) is 5.32. The van der Waals surface area contributed by atoms with Gasteiger partial charge in [0.1, 0.15) is 0 Å². The maximum absolute atomic E-state index is 9.21. The topological polar surface area (TPSA) is 20.2 Å². The zero-order chi connectivity index (χ0) is 9.14. The number of hydrogen-bond donors (Lipinski definition) is 1. The maximum Gasteiger partial charge on any atom is 0.0722 e. The molecule has 1 heterocycles. The van der Waals surface area contributed by atoms with Gasteiger partial charge in [0.05, 0.1) is 9.89 Å². The van der Waals surface area contributed by atoms with E-state index in [1.807, 2.05) is 25.1 Å². The fraction of sp³-hybridized carbons (Fsp3) is 0.333. The first kappa shape index (κ1) is 9.96. The van der Waals surface area contributed by atoms with Gasteiger partial charge in [-0.1, -0.05) is 0 Å². The molecule has 1 aromatic rings. The number of aliphatic hydroxyl groups excluding tert-OH is 1. The zero-order valence-electron chi connectivity index (χ0n) is 7.04. The third kappa shape index (κ3) is 2.73. The second-order valence-corrected chi connectivity index (χ2v) is 5.20. The molecule has 0 aromatic carbocycles. The molecular formula is C9H11BrOS. The smallest absolute Gasteiger partial charge is 0.0722 e. The Kier molecular flexibility index (Phi) is 3.50. The van der Waals surface area contributed by atoms with E-state index in [4.69, 9.17) is 0 Å². The molecule has 1 aromatic heterocycles. The summed E-state index contributed by atoms with van der Waals surface area (Å²) < 4.78 is 1.12. The minimum absolute atomic E-state index is 0.356. The molecule has 0 aliphatic heterocycles. The first-order valence-electron chi connectivity index (χ1n) is 3.71. The van der Waals surface area contributed by atoms with E-state index >= 15 is 0 Å². The Balaban J connectivity index is 2.80. The van der Waals surface area contributed by atoms with Crippen molar-refractivity contribution in [2.75, 3.05) is 0 Å². The number of thiophene rings is 1. The summed E-state index contributed by atoms with van der Waals surface area (Å²) in [6, 6.07) is 4.03. The molecular weight excluding hydrogens is 236 g/mol. The Hall–Kier alpha value is -0.120. The third-order valence-electron chi connectivity index (χ3n) is 1.62. The third-order valence-corrected chi connectivity index (χ3v) is 3.19. The molecule has 0 aliphatic carbocycles. The number of halogens is 1. The Morgan fingerprint density at radius 2 is 2.33 bits per heavy atom. The zero-order valence-corrected chi connectivity index (χ0v) is 9.45. The summed E-state index contributed by atoms with van der Waals surface area (Å²) in [5.74, 6) is 0. The molecule has 1 nitrogen and oxygen atoms in total. The average molecular weight is 247 g/mol. The van der Waals surface area contributed by atoms with Crippen LogP contribution in [0.25, 0.3) is 6.08 Å². The second-order valence-electron chi connectivity index (χ2n) is 2.71. The summed E-state index contributed by atoms with van der Waals surface area (Å²) in [6.45, 7) is 3.70. The summed E-state index contributed by atoms with van der Waals surface area (Å²) >= 11 is 5.05. The van der Waals surface area contributed by atoms with Crippen molar-refractivity contribution in [3.8, 4) is 0 Å². The quantitative estimate of drug-likeness (QED) is 0.850. The van der Waals surface area contributed by atoms with E-state index in [0.29, 0.717) is 0 Å². The predicted molar refractivity (Wildman–Crippen MR) is 57.4 cm³/mol. The van der Waals surface area contributed by atoms with Crippen LogP contribution >= 0.6 is 27.3 Å². The van der Waals surface area contributed by atoms with Crippen molar-refractivity contribution in [2.45, 2.75) is 20.0 Å². The molecule has 1 rings (SSSR count). The van der Waals surface area contributed by atoms with Crippen LogP contribution in [0.2, 0.25) is 0 Å². The summed E-state index contributed by atoms with van der Waals surface area (Å²) in [6.07, 6.45) is 1.64. The van der Waals surface area contributed by atoms with Crippen molar-refractivity contribution in [3.05, 3.63) is 26.4 Å². The van der Waals surface area contributed by atoms with E-state index in [1.54, 1.807) is 18.3 Å². The van der Waals surface area contributed by atoms with Gasteiger partial charge in [0, 0.05) is 4.88 Å². The molecule has 1 N–H and O–H groups in total.